The van der Waals surface area contributed by atoms with Gasteiger partial charge in [0.25, 0.3) is 0 Å². The number of nitrogens with one attached hydrogen (secondary N) is 1. The van der Waals surface area contributed by atoms with Crippen LogP contribution in [0.2, 0.25) is 0 Å². The van der Waals surface area contributed by atoms with Crippen LogP contribution in [0.5, 0.6) is 5.75 Å². The maximum Gasteiger partial charge on any atom is 0.534 e. The van der Waals surface area contributed by atoms with Crippen LogP contribution in [0.25, 0.3) is 131 Å². The van der Waals surface area contributed by atoms with Crippen molar-refractivity contribution in [2.75, 3.05) is 15.1 Å². The second-order valence-corrected chi connectivity index (χ2v) is 30.3. The molecule has 0 spiro atoms. The standard InChI is InChI=1S/C54H40N2O2.C28H15F3O5S.C14H15N/c1-33-5-15-41(16-6-33)55(42-17-7-34(2)8-18-42)45-23-13-37-27-47-49-31-54-50(32-53(49)57-51(47)29-39(37)25-45)48-28-38-14-24-46(26-40(38)30-52(48)58-54)56(43-19-9-35(3)10-20-43)44-21-11-36(4)12-22-44;1-14-2-3-15-8-20-22-12-27-23(13-26(22)34-24(20)10-17(15)6-14)21-9-16-4-5-19(7-18(16)11-25(21)35-27)36-37(32,33)28(29,30)31;1-11-3-7-13(8-4-11)15-14-9-5-12(2)6-10-14/h5-32H,1-4H3;2-13H,1H3;3-10,15H,1-2H3. The molecule has 20 aromatic rings. The van der Waals surface area contributed by atoms with E-state index in [2.05, 4.69) is 303 Å². The molecular weight excluding hydrogens is 1400 g/mol. The summed E-state index contributed by atoms with van der Waals surface area (Å²) in [4.78, 5) is 4.63. The fourth-order valence-electron chi connectivity index (χ4n) is 14.7. The van der Waals surface area contributed by atoms with Gasteiger partial charge in [-0.25, -0.2) is 0 Å². The Labute approximate surface area is 631 Å². The van der Waals surface area contributed by atoms with Gasteiger partial charge in [-0.15, -0.1) is 0 Å². The van der Waals surface area contributed by atoms with E-state index in [1.54, 1.807) is 6.07 Å². The number of hydrogen-bond donors (Lipinski definition) is 1. The summed E-state index contributed by atoms with van der Waals surface area (Å²) in [6, 6.07) is 99.8. The molecular formula is C96H70F3N3O7S. The van der Waals surface area contributed by atoms with Crippen LogP contribution >= 0.6 is 0 Å². The molecule has 538 valence electrons. The third kappa shape index (κ3) is 13.0. The Kier molecular flexibility index (Phi) is 16.7. The van der Waals surface area contributed by atoms with Gasteiger partial charge in [-0.3, -0.25) is 0 Å². The van der Waals surface area contributed by atoms with E-state index in [9.17, 15) is 21.6 Å². The second-order valence-electron chi connectivity index (χ2n) is 28.8. The molecule has 16 aromatic carbocycles. The van der Waals surface area contributed by atoms with Crippen molar-refractivity contribution in [2.45, 2.75) is 54.0 Å². The molecule has 0 bridgehead atoms. The van der Waals surface area contributed by atoms with Crippen molar-refractivity contribution in [3.63, 3.8) is 0 Å². The van der Waals surface area contributed by atoms with E-state index in [0.29, 0.717) is 27.5 Å². The number of rotatable bonds is 10. The van der Waals surface area contributed by atoms with Crippen molar-refractivity contribution in [1.82, 2.24) is 0 Å². The van der Waals surface area contributed by atoms with Gasteiger partial charge in [-0.05, 0) is 274 Å². The quantitative estimate of drug-likeness (QED) is 0.105. The molecule has 0 aliphatic rings. The normalized spacial score (nSPS) is 12.0. The van der Waals surface area contributed by atoms with Crippen LogP contribution in [-0.4, -0.2) is 13.9 Å². The first-order valence-electron chi connectivity index (χ1n) is 36.3. The Morgan fingerprint density at radius 2 is 0.509 bits per heavy atom. The SMILES string of the molecule is Cc1ccc(N(c2ccc(C)cc2)c2ccc3cc4c(cc3c2)oc2cc3c(cc24)oc2cc4cc(N(c5ccc(C)cc5)c5ccc(C)cc5)ccc4cc23)cc1.Cc1ccc(Nc2ccc(C)cc2)cc1.Cc1ccc2cc3c(cc2c1)oc1cc2c(cc13)oc1cc3cc(OS(=O)(=O)C(F)(F)F)ccc3cc12. The minimum Gasteiger partial charge on any atom is -0.456 e. The Morgan fingerprint density at radius 3 is 0.827 bits per heavy atom. The summed E-state index contributed by atoms with van der Waals surface area (Å²) in [5, 5.41) is 19.0. The van der Waals surface area contributed by atoms with Crippen molar-refractivity contribution >= 4 is 186 Å². The van der Waals surface area contributed by atoms with Crippen molar-refractivity contribution in [3.8, 4) is 5.75 Å². The van der Waals surface area contributed by atoms with E-state index in [1.165, 1.54) is 57.1 Å². The van der Waals surface area contributed by atoms with Crippen LogP contribution in [0.4, 0.5) is 58.7 Å². The number of nitrogens with zero attached hydrogens (tertiary/aromatic N) is 2. The highest BCUT2D eigenvalue weighted by atomic mass is 32.2. The van der Waals surface area contributed by atoms with E-state index in [4.69, 9.17) is 17.7 Å². The van der Waals surface area contributed by atoms with Gasteiger partial charge in [0.1, 0.15) is 50.4 Å². The molecule has 4 aromatic heterocycles. The number of benzene rings is 16. The molecule has 0 aliphatic carbocycles. The van der Waals surface area contributed by atoms with Gasteiger partial charge in [0.05, 0.1) is 0 Å². The van der Waals surface area contributed by atoms with E-state index < -0.39 is 21.4 Å². The molecule has 0 unspecified atom stereocenters. The summed E-state index contributed by atoms with van der Waals surface area (Å²) in [5.74, 6) is -0.438. The molecule has 0 fully saturated rings. The van der Waals surface area contributed by atoms with Gasteiger partial charge in [-0.1, -0.05) is 148 Å². The lowest BCUT2D eigenvalue weighted by Gasteiger charge is -2.26. The van der Waals surface area contributed by atoms with Gasteiger partial charge in [0, 0.05) is 88.6 Å². The third-order valence-electron chi connectivity index (χ3n) is 20.6. The van der Waals surface area contributed by atoms with Crippen LogP contribution in [0.3, 0.4) is 0 Å². The molecule has 0 atom stereocenters. The molecule has 0 radical (unpaired) electrons. The molecule has 0 saturated carbocycles. The first-order chi connectivity index (χ1) is 53.1. The van der Waals surface area contributed by atoms with E-state index >= 15 is 0 Å². The van der Waals surface area contributed by atoms with E-state index in [0.717, 1.165) is 149 Å². The fourth-order valence-corrected chi connectivity index (χ4v) is 15.2. The predicted molar refractivity (Wildman–Crippen MR) is 446 cm³/mol. The number of alkyl halides is 3. The molecule has 0 amide bonds. The average molecular weight is 1470 g/mol. The first-order valence-corrected chi connectivity index (χ1v) is 37.7. The molecule has 20 rings (SSSR count). The van der Waals surface area contributed by atoms with E-state index in [-0.39, 0.29) is 0 Å². The van der Waals surface area contributed by atoms with Crippen LogP contribution in [0.15, 0.2) is 309 Å². The summed E-state index contributed by atoms with van der Waals surface area (Å²) < 4.78 is 90.8. The molecule has 0 saturated heterocycles. The van der Waals surface area contributed by atoms with Crippen LogP contribution in [-0.2, 0) is 10.1 Å². The smallest absolute Gasteiger partial charge is 0.456 e. The minimum atomic E-state index is -5.77. The highest BCUT2D eigenvalue weighted by Gasteiger charge is 2.48. The topological polar surface area (TPSA) is 114 Å². The van der Waals surface area contributed by atoms with Crippen LogP contribution < -0.4 is 19.3 Å². The number of hydrogen-bond acceptors (Lipinski definition) is 10. The third-order valence-corrected chi connectivity index (χ3v) is 21.6. The zero-order chi connectivity index (χ0) is 75.4. The van der Waals surface area contributed by atoms with Gasteiger partial charge in [0.15, 0.2) is 0 Å². The Bertz CT molecular complexity index is 6780. The van der Waals surface area contributed by atoms with Crippen LogP contribution in [0.1, 0.15) is 38.9 Å². The predicted octanol–water partition coefficient (Wildman–Crippen LogP) is 28.3. The van der Waals surface area contributed by atoms with Crippen molar-refractivity contribution < 1.29 is 43.4 Å². The summed E-state index contributed by atoms with van der Waals surface area (Å²) in [5.41, 5.74) is 18.1. The number of halogens is 3. The first kappa shape index (κ1) is 68.5. The van der Waals surface area contributed by atoms with Crippen molar-refractivity contribution in [3.05, 3.63) is 330 Å². The van der Waals surface area contributed by atoms with Crippen LogP contribution in [0, 0.1) is 48.5 Å². The lowest BCUT2D eigenvalue weighted by molar-refractivity contribution is -0.0500. The van der Waals surface area contributed by atoms with E-state index in [1.807, 2.05) is 31.2 Å². The van der Waals surface area contributed by atoms with Gasteiger partial charge in [-0.2, -0.15) is 21.6 Å². The number of aryl methyl sites for hydroxylation is 7. The Morgan fingerprint density at radius 1 is 0.264 bits per heavy atom. The maximum atomic E-state index is 12.7. The highest BCUT2D eigenvalue weighted by Crippen LogP contribution is 2.45. The largest absolute Gasteiger partial charge is 0.534 e. The monoisotopic (exact) mass is 1470 g/mol. The Balaban J connectivity index is 0.000000138. The lowest BCUT2D eigenvalue weighted by atomic mass is 10.0. The minimum absolute atomic E-state index is 0.438. The average Bonchev–Trinajstić information content (AvgIpc) is 1.57. The summed E-state index contributed by atoms with van der Waals surface area (Å²) in [6.07, 6.45) is 0. The van der Waals surface area contributed by atoms with Crippen molar-refractivity contribution in [1.29, 1.82) is 0 Å². The number of furan rings is 4. The second kappa shape index (κ2) is 26.9. The lowest BCUT2D eigenvalue weighted by Crippen LogP contribution is -2.28. The molecule has 0 aliphatic heterocycles. The number of fused-ring (bicyclic) bond motifs is 16. The van der Waals surface area contributed by atoms with Crippen molar-refractivity contribution in [2.24, 2.45) is 0 Å². The maximum absolute atomic E-state index is 12.7. The summed E-state index contributed by atoms with van der Waals surface area (Å²) in [7, 11) is -5.77. The van der Waals surface area contributed by atoms with Gasteiger partial charge in [0.2, 0.25) is 0 Å². The highest BCUT2D eigenvalue weighted by molar-refractivity contribution is 7.88. The summed E-state index contributed by atoms with van der Waals surface area (Å²) >= 11 is 0. The zero-order valence-corrected chi connectivity index (χ0v) is 61.8. The zero-order valence-electron chi connectivity index (χ0n) is 61.0. The molecule has 110 heavy (non-hydrogen) atoms. The molecule has 4 heterocycles. The van der Waals surface area contributed by atoms with Gasteiger partial charge >= 0.3 is 15.6 Å². The van der Waals surface area contributed by atoms with Gasteiger partial charge < -0.3 is 37.0 Å². The molecule has 14 heteroatoms. The fraction of sp³-hybridized carbons (Fsp3) is 0.0833. The Hall–Kier alpha value is -13.3. The summed E-state index contributed by atoms with van der Waals surface area (Å²) in [6.45, 7) is 14.7. The molecule has 10 nitrogen and oxygen atoms in total. The molecule has 1 N–H and O–H groups in total. The number of anilines is 8.